The van der Waals surface area contributed by atoms with Gasteiger partial charge in [0.15, 0.2) is 12.4 Å². The molecule has 1 amide bonds. The number of nitro groups is 1. The monoisotopic (exact) mass is 430 g/mol. The van der Waals surface area contributed by atoms with Crippen LogP contribution in [0.1, 0.15) is 42.1 Å². The number of hydrogen-bond donors (Lipinski definition) is 1. The van der Waals surface area contributed by atoms with Gasteiger partial charge in [-0.25, -0.2) is 4.79 Å². The number of nitro benzene ring substituents is 1. The molecule has 0 aliphatic heterocycles. The molecule has 9 nitrogen and oxygen atoms in total. The highest BCUT2D eigenvalue weighted by Crippen LogP contribution is 2.32. The Labute approximate surface area is 180 Å². The average Bonchev–Trinajstić information content (AvgIpc) is 2.76. The number of hydrogen-bond acceptors (Lipinski definition) is 7. The van der Waals surface area contributed by atoms with E-state index in [0.717, 1.165) is 19.3 Å². The zero-order chi connectivity index (χ0) is 22.8. The van der Waals surface area contributed by atoms with E-state index in [-0.39, 0.29) is 11.4 Å². The van der Waals surface area contributed by atoms with Gasteiger partial charge in [0.1, 0.15) is 5.75 Å². The maximum Gasteiger partial charge on any atom is 0.338 e. The number of ether oxygens (including phenoxy) is 3. The first kappa shape index (κ1) is 23.7. The fraction of sp³-hybridized carbons (Fsp3) is 0.364. The molecular formula is C22H26N2O7. The SMILES string of the molecule is CCCCCOc1ccc(C(=O)OCC(=O)Nc2cc(OC)c([N+](=O)[O-])cc2C)cc1. The molecule has 0 unspecified atom stereocenters. The molecule has 0 radical (unpaired) electrons. The summed E-state index contributed by atoms with van der Waals surface area (Å²) in [6.07, 6.45) is 3.17. The molecule has 0 saturated carbocycles. The molecule has 166 valence electrons. The van der Waals surface area contributed by atoms with E-state index >= 15 is 0 Å². The smallest absolute Gasteiger partial charge is 0.338 e. The molecule has 0 bridgehead atoms. The number of unbranched alkanes of at least 4 members (excludes halogenated alkanes) is 2. The molecule has 0 atom stereocenters. The summed E-state index contributed by atoms with van der Waals surface area (Å²) in [6, 6.07) is 9.14. The van der Waals surface area contributed by atoms with Gasteiger partial charge in [-0.3, -0.25) is 14.9 Å². The van der Waals surface area contributed by atoms with Gasteiger partial charge in [0.05, 0.1) is 24.2 Å². The van der Waals surface area contributed by atoms with E-state index < -0.39 is 23.4 Å². The number of benzene rings is 2. The summed E-state index contributed by atoms with van der Waals surface area (Å²) in [6.45, 7) is 3.84. The highest BCUT2D eigenvalue weighted by molar-refractivity contribution is 5.96. The number of methoxy groups -OCH3 is 1. The first-order valence-electron chi connectivity index (χ1n) is 9.88. The Morgan fingerprint density at radius 2 is 1.84 bits per heavy atom. The van der Waals surface area contributed by atoms with Crippen molar-refractivity contribution in [2.45, 2.75) is 33.1 Å². The van der Waals surface area contributed by atoms with Crippen LogP contribution in [0, 0.1) is 17.0 Å². The predicted octanol–water partition coefficient (Wildman–Crippen LogP) is 4.28. The van der Waals surface area contributed by atoms with Crippen molar-refractivity contribution < 1.29 is 28.7 Å². The predicted molar refractivity (Wildman–Crippen MR) is 115 cm³/mol. The molecule has 0 spiro atoms. The summed E-state index contributed by atoms with van der Waals surface area (Å²) in [5, 5.41) is 13.6. The van der Waals surface area contributed by atoms with Crippen LogP contribution in [-0.2, 0) is 9.53 Å². The van der Waals surface area contributed by atoms with Gasteiger partial charge in [-0.15, -0.1) is 0 Å². The topological polar surface area (TPSA) is 117 Å². The van der Waals surface area contributed by atoms with Crippen LogP contribution in [-0.4, -0.2) is 37.1 Å². The Balaban J connectivity index is 1.89. The molecular weight excluding hydrogens is 404 g/mol. The van der Waals surface area contributed by atoms with E-state index in [9.17, 15) is 19.7 Å². The lowest BCUT2D eigenvalue weighted by atomic mass is 10.1. The highest BCUT2D eigenvalue weighted by Gasteiger charge is 2.19. The van der Waals surface area contributed by atoms with Crippen molar-refractivity contribution in [2.75, 3.05) is 25.6 Å². The third-order valence-corrected chi connectivity index (χ3v) is 4.44. The Morgan fingerprint density at radius 3 is 2.45 bits per heavy atom. The maximum absolute atomic E-state index is 12.2. The van der Waals surface area contributed by atoms with Gasteiger partial charge in [0, 0.05) is 17.8 Å². The molecule has 0 aliphatic carbocycles. The van der Waals surface area contributed by atoms with E-state index in [1.54, 1.807) is 31.2 Å². The minimum atomic E-state index is -0.648. The molecule has 2 aromatic rings. The summed E-state index contributed by atoms with van der Waals surface area (Å²) < 4.78 is 15.6. The Morgan fingerprint density at radius 1 is 1.13 bits per heavy atom. The second-order valence-corrected chi connectivity index (χ2v) is 6.80. The van der Waals surface area contributed by atoms with Gasteiger partial charge in [-0.2, -0.15) is 0 Å². The molecule has 0 saturated heterocycles. The zero-order valence-corrected chi connectivity index (χ0v) is 17.8. The van der Waals surface area contributed by atoms with Gasteiger partial charge in [-0.1, -0.05) is 19.8 Å². The summed E-state index contributed by atoms with van der Waals surface area (Å²) >= 11 is 0. The van der Waals surface area contributed by atoms with E-state index in [4.69, 9.17) is 14.2 Å². The number of esters is 1. The molecule has 0 aliphatic rings. The van der Waals surface area contributed by atoms with Crippen LogP contribution in [0.4, 0.5) is 11.4 Å². The van der Waals surface area contributed by atoms with Crippen molar-refractivity contribution in [3.63, 3.8) is 0 Å². The van der Waals surface area contributed by atoms with E-state index in [0.29, 0.717) is 29.2 Å². The lowest BCUT2D eigenvalue weighted by Gasteiger charge is -2.11. The number of carbonyl (C=O) groups is 2. The third kappa shape index (κ3) is 6.98. The van der Waals surface area contributed by atoms with Crippen molar-refractivity contribution in [2.24, 2.45) is 0 Å². The van der Waals surface area contributed by atoms with Gasteiger partial charge >= 0.3 is 11.7 Å². The quantitative estimate of drug-likeness (QED) is 0.245. The summed E-state index contributed by atoms with van der Waals surface area (Å²) in [5.74, 6) is -0.554. The number of amides is 1. The number of aryl methyl sites for hydroxylation is 1. The largest absolute Gasteiger partial charge is 0.494 e. The molecule has 2 aromatic carbocycles. The summed E-state index contributed by atoms with van der Waals surface area (Å²) in [4.78, 5) is 34.8. The van der Waals surface area contributed by atoms with Crippen molar-refractivity contribution in [3.05, 3.63) is 57.6 Å². The van der Waals surface area contributed by atoms with Gasteiger partial charge in [0.2, 0.25) is 0 Å². The van der Waals surface area contributed by atoms with E-state index in [2.05, 4.69) is 12.2 Å². The van der Waals surface area contributed by atoms with Crippen LogP contribution in [0.25, 0.3) is 0 Å². The normalized spacial score (nSPS) is 10.3. The third-order valence-electron chi connectivity index (χ3n) is 4.44. The molecule has 31 heavy (non-hydrogen) atoms. The second-order valence-electron chi connectivity index (χ2n) is 6.80. The van der Waals surface area contributed by atoms with Gasteiger partial charge in [-0.05, 0) is 43.2 Å². The number of anilines is 1. The fourth-order valence-corrected chi connectivity index (χ4v) is 2.74. The van der Waals surface area contributed by atoms with Gasteiger partial charge in [0.25, 0.3) is 5.91 Å². The summed E-state index contributed by atoms with van der Waals surface area (Å²) in [7, 11) is 1.30. The van der Waals surface area contributed by atoms with Crippen LogP contribution >= 0.6 is 0 Å². The second kappa shape index (κ2) is 11.5. The first-order valence-corrected chi connectivity index (χ1v) is 9.88. The average molecular weight is 430 g/mol. The van der Waals surface area contributed by atoms with Crippen LogP contribution < -0.4 is 14.8 Å². The highest BCUT2D eigenvalue weighted by atomic mass is 16.6. The number of nitrogens with one attached hydrogen (secondary N) is 1. The van der Waals surface area contributed by atoms with Crippen LogP contribution in [0.3, 0.4) is 0 Å². The summed E-state index contributed by atoms with van der Waals surface area (Å²) in [5.41, 5.74) is 0.888. The van der Waals surface area contributed by atoms with E-state index in [1.165, 1.54) is 19.2 Å². The Bertz CT molecular complexity index is 926. The minimum absolute atomic E-state index is 0.0138. The molecule has 9 heteroatoms. The van der Waals surface area contributed by atoms with Crippen molar-refractivity contribution >= 4 is 23.3 Å². The Kier molecular flexibility index (Phi) is 8.80. The number of rotatable bonds is 11. The zero-order valence-electron chi connectivity index (χ0n) is 17.8. The van der Waals surface area contributed by atoms with Crippen molar-refractivity contribution in [3.8, 4) is 11.5 Å². The molecule has 0 aromatic heterocycles. The molecule has 0 heterocycles. The molecule has 0 fully saturated rings. The van der Waals surface area contributed by atoms with Crippen LogP contribution in [0.15, 0.2) is 36.4 Å². The van der Waals surface area contributed by atoms with Gasteiger partial charge < -0.3 is 19.5 Å². The van der Waals surface area contributed by atoms with Crippen molar-refractivity contribution in [1.82, 2.24) is 0 Å². The lowest BCUT2D eigenvalue weighted by Crippen LogP contribution is -2.21. The number of nitrogens with zero attached hydrogens (tertiary/aromatic N) is 1. The standard InChI is InChI=1S/C22H26N2O7/c1-4-5-6-11-30-17-9-7-16(8-10-17)22(26)31-14-21(25)23-18-13-20(29-3)19(24(27)28)12-15(18)2/h7-10,12-13H,4-6,11,14H2,1-3H3,(H,23,25). The lowest BCUT2D eigenvalue weighted by molar-refractivity contribution is -0.385. The number of carbonyl (C=O) groups excluding carboxylic acids is 2. The van der Waals surface area contributed by atoms with Crippen molar-refractivity contribution in [1.29, 1.82) is 0 Å². The fourth-order valence-electron chi connectivity index (χ4n) is 2.74. The van der Waals surface area contributed by atoms with Crippen LogP contribution in [0.5, 0.6) is 11.5 Å². The molecule has 2 rings (SSSR count). The first-order chi connectivity index (χ1) is 14.8. The maximum atomic E-state index is 12.2. The minimum Gasteiger partial charge on any atom is -0.494 e. The molecule has 1 N–H and O–H groups in total. The Hall–Kier alpha value is -3.62. The van der Waals surface area contributed by atoms with E-state index in [1.807, 2.05) is 0 Å². The van der Waals surface area contributed by atoms with Crippen LogP contribution in [0.2, 0.25) is 0 Å².